The van der Waals surface area contributed by atoms with Gasteiger partial charge in [0.25, 0.3) is 0 Å². The highest BCUT2D eigenvalue weighted by molar-refractivity contribution is 6.62. The second-order valence-electron chi connectivity index (χ2n) is 7.65. The Kier molecular flexibility index (Phi) is 3.03. The van der Waals surface area contributed by atoms with E-state index in [2.05, 4.69) is 15.3 Å². The van der Waals surface area contributed by atoms with Crippen LogP contribution in [-0.4, -0.2) is 52.7 Å². The minimum atomic E-state index is -0.917. The van der Waals surface area contributed by atoms with Crippen molar-refractivity contribution in [1.29, 1.82) is 0 Å². The van der Waals surface area contributed by atoms with E-state index < -0.39 is 12.7 Å². The summed E-state index contributed by atoms with van der Waals surface area (Å²) in [5.41, 5.74) is 2.33. The molecule has 5 rings (SSSR count). The smallest absolute Gasteiger partial charge is 0.423 e. The molecule has 0 atom stereocenters. The highest BCUT2D eigenvalue weighted by Gasteiger charge is 2.63. The monoisotopic (exact) mass is 340 g/mol. The molecule has 2 aromatic heterocycles. The molecule has 2 aliphatic heterocycles. The van der Waals surface area contributed by atoms with E-state index in [1.54, 1.807) is 6.20 Å². The zero-order valence-electron chi connectivity index (χ0n) is 14.2. The third-order valence-corrected chi connectivity index (χ3v) is 6.05. The molecule has 0 aromatic carbocycles. The maximum Gasteiger partial charge on any atom is 0.493 e. The molecule has 0 unspecified atom stereocenters. The number of pyridine rings is 1. The first-order chi connectivity index (χ1) is 12.1. The summed E-state index contributed by atoms with van der Waals surface area (Å²) in [4.78, 5) is 21.5. The second-order valence-corrected chi connectivity index (χ2v) is 7.65. The van der Waals surface area contributed by atoms with Gasteiger partial charge in [0.1, 0.15) is 5.65 Å². The van der Waals surface area contributed by atoms with Crippen molar-refractivity contribution in [2.24, 2.45) is 5.41 Å². The van der Waals surface area contributed by atoms with Crippen LogP contribution in [-0.2, 0) is 10.3 Å². The van der Waals surface area contributed by atoms with Crippen molar-refractivity contribution in [3.05, 3.63) is 24.0 Å². The van der Waals surface area contributed by atoms with Gasteiger partial charge in [0.15, 0.2) is 0 Å². The molecule has 1 saturated carbocycles. The fraction of sp³-hybridized carbons (Fsp3) is 0.529. The number of aromatic amines is 1. The van der Waals surface area contributed by atoms with E-state index in [1.807, 2.05) is 24.1 Å². The SMILES string of the molecule is CCNC(=O)N1CCC2(C1)CC1(C2)OB(O)c2cnc3[nH]ccc3c21. The zero-order valence-corrected chi connectivity index (χ0v) is 14.2. The topological polar surface area (TPSA) is 90.5 Å². The number of rotatable bonds is 1. The lowest BCUT2D eigenvalue weighted by atomic mass is 9.56. The summed E-state index contributed by atoms with van der Waals surface area (Å²) < 4.78 is 6.05. The minimum Gasteiger partial charge on any atom is -0.423 e. The van der Waals surface area contributed by atoms with Gasteiger partial charge in [-0.05, 0) is 43.2 Å². The lowest BCUT2D eigenvalue weighted by molar-refractivity contribution is -0.109. The van der Waals surface area contributed by atoms with E-state index in [0.717, 1.165) is 54.4 Å². The van der Waals surface area contributed by atoms with Crippen LogP contribution in [0.1, 0.15) is 31.7 Å². The molecule has 8 heteroatoms. The summed E-state index contributed by atoms with van der Waals surface area (Å²) in [6, 6.07) is 2.02. The Labute approximate surface area is 145 Å². The number of amides is 2. The zero-order chi connectivity index (χ0) is 17.2. The quantitative estimate of drug-likeness (QED) is 0.667. The number of H-pyrrole nitrogens is 1. The summed E-state index contributed by atoms with van der Waals surface area (Å²) in [7, 11) is -0.917. The van der Waals surface area contributed by atoms with E-state index in [1.165, 1.54) is 0 Å². The largest absolute Gasteiger partial charge is 0.493 e. The molecular weight excluding hydrogens is 319 g/mol. The third kappa shape index (κ3) is 2.01. The van der Waals surface area contributed by atoms with E-state index in [-0.39, 0.29) is 11.4 Å². The van der Waals surface area contributed by atoms with E-state index in [0.29, 0.717) is 6.54 Å². The van der Waals surface area contributed by atoms with Crippen LogP contribution in [0.4, 0.5) is 4.79 Å². The number of urea groups is 1. The van der Waals surface area contributed by atoms with Crippen molar-refractivity contribution < 1.29 is 14.5 Å². The van der Waals surface area contributed by atoms with Gasteiger partial charge in [-0.15, -0.1) is 0 Å². The lowest BCUT2D eigenvalue weighted by Gasteiger charge is -2.53. The van der Waals surface area contributed by atoms with Crippen LogP contribution in [0.25, 0.3) is 11.0 Å². The summed E-state index contributed by atoms with van der Waals surface area (Å²) in [5.74, 6) is 0. The molecule has 2 aromatic rings. The van der Waals surface area contributed by atoms with Crippen molar-refractivity contribution in [2.45, 2.75) is 31.8 Å². The first-order valence-corrected chi connectivity index (χ1v) is 8.91. The number of hydrogen-bond donors (Lipinski definition) is 3. The van der Waals surface area contributed by atoms with Crippen molar-refractivity contribution in [3.63, 3.8) is 0 Å². The highest BCUT2D eigenvalue weighted by atomic mass is 16.5. The van der Waals surface area contributed by atoms with Gasteiger partial charge in [0.2, 0.25) is 0 Å². The van der Waals surface area contributed by atoms with Crippen LogP contribution in [0.2, 0.25) is 0 Å². The van der Waals surface area contributed by atoms with Crippen LogP contribution in [0.15, 0.2) is 18.5 Å². The van der Waals surface area contributed by atoms with E-state index >= 15 is 0 Å². The van der Waals surface area contributed by atoms with Crippen molar-refractivity contribution in [2.75, 3.05) is 19.6 Å². The predicted octanol–water partition coefficient (Wildman–Crippen LogP) is 0.691. The fourth-order valence-electron chi connectivity index (χ4n) is 5.14. The van der Waals surface area contributed by atoms with Gasteiger partial charge < -0.3 is 24.9 Å². The van der Waals surface area contributed by atoms with Gasteiger partial charge in [0, 0.05) is 42.9 Å². The van der Waals surface area contributed by atoms with Crippen LogP contribution in [0, 0.1) is 5.41 Å². The van der Waals surface area contributed by atoms with Gasteiger partial charge in [-0.2, -0.15) is 0 Å². The lowest BCUT2D eigenvalue weighted by Crippen LogP contribution is -2.52. The van der Waals surface area contributed by atoms with Gasteiger partial charge in [-0.1, -0.05) is 0 Å². The molecule has 3 N–H and O–H groups in total. The second kappa shape index (κ2) is 4.99. The van der Waals surface area contributed by atoms with Crippen LogP contribution < -0.4 is 10.8 Å². The number of aromatic nitrogens is 2. The Morgan fingerprint density at radius 2 is 2.40 bits per heavy atom. The number of hydrogen-bond acceptors (Lipinski definition) is 4. The summed E-state index contributed by atoms with van der Waals surface area (Å²) in [6.07, 6.45) is 6.25. The first-order valence-electron chi connectivity index (χ1n) is 8.91. The number of nitrogens with one attached hydrogen (secondary N) is 2. The molecule has 1 saturated heterocycles. The fourth-order valence-corrected chi connectivity index (χ4v) is 5.14. The Morgan fingerprint density at radius 1 is 1.56 bits per heavy atom. The van der Waals surface area contributed by atoms with Crippen molar-refractivity contribution >= 4 is 29.6 Å². The Bertz CT molecular complexity index is 861. The van der Waals surface area contributed by atoms with E-state index in [9.17, 15) is 9.82 Å². The van der Waals surface area contributed by atoms with Gasteiger partial charge >= 0.3 is 13.1 Å². The van der Waals surface area contributed by atoms with Gasteiger partial charge in [-0.25, -0.2) is 9.78 Å². The molecule has 1 aliphatic carbocycles. The third-order valence-electron chi connectivity index (χ3n) is 6.05. The molecule has 3 aliphatic rings. The molecule has 4 heterocycles. The Hall–Kier alpha value is -2.06. The molecule has 130 valence electrons. The van der Waals surface area contributed by atoms with Gasteiger partial charge in [0.05, 0.1) is 5.60 Å². The highest BCUT2D eigenvalue weighted by Crippen LogP contribution is 2.62. The average molecular weight is 340 g/mol. The molecule has 0 radical (unpaired) electrons. The summed E-state index contributed by atoms with van der Waals surface area (Å²) >= 11 is 0. The first kappa shape index (κ1) is 15.2. The number of fused-ring (bicyclic) bond motifs is 4. The predicted molar refractivity (Wildman–Crippen MR) is 93.4 cm³/mol. The normalized spacial score (nSPS) is 30.3. The molecular formula is C17H21BN4O3. The van der Waals surface area contributed by atoms with Crippen molar-refractivity contribution in [1.82, 2.24) is 20.2 Å². The summed E-state index contributed by atoms with van der Waals surface area (Å²) in [6.45, 7) is 4.13. The maximum atomic E-state index is 12.1. The van der Waals surface area contributed by atoms with Gasteiger partial charge in [-0.3, -0.25) is 0 Å². The molecule has 25 heavy (non-hydrogen) atoms. The van der Waals surface area contributed by atoms with Crippen LogP contribution in [0.3, 0.4) is 0 Å². The number of nitrogens with zero attached hydrogens (tertiary/aromatic N) is 2. The maximum absolute atomic E-state index is 12.1. The number of likely N-dealkylation sites (tertiary alicyclic amines) is 1. The molecule has 2 fully saturated rings. The van der Waals surface area contributed by atoms with E-state index in [4.69, 9.17) is 4.65 Å². The minimum absolute atomic E-state index is 0.0188. The standard InChI is InChI=1S/C17H21BN4O3/c1-2-19-15(23)22-6-4-16(10-22)8-17(9-16)13-11-3-5-20-14(11)21-7-12(13)18(24)25-17/h3,5,7,24H,2,4,6,8-10H2,1H3,(H,19,23)(H,20,21). The Balaban J connectivity index is 1.44. The number of carbonyl (C=O) groups is 1. The molecule has 2 spiro atoms. The number of carbonyl (C=O) groups excluding carboxylic acids is 1. The molecule has 0 bridgehead atoms. The van der Waals surface area contributed by atoms with Crippen LogP contribution in [0.5, 0.6) is 0 Å². The molecule has 2 amide bonds. The summed E-state index contributed by atoms with van der Waals surface area (Å²) in [5, 5.41) is 14.3. The van der Waals surface area contributed by atoms with Crippen molar-refractivity contribution in [3.8, 4) is 0 Å². The Morgan fingerprint density at radius 3 is 3.20 bits per heavy atom. The molecule has 7 nitrogen and oxygen atoms in total. The average Bonchev–Trinajstić information content (AvgIpc) is 3.25. The van der Waals surface area contributed by atoms with Crippen LogP contribution >= 0.6 is 0 Å².